The van der Waals surface area contributed by atoms with Gasteiger partial charge >= 0.3 is 0 Å². The summed E-state index contributed by atoms with van der Waals surface area (Å²) in [5, 5.41) is 19.1. The molecule has 0 spiro atoms. The Bertz CT molecular complexity index is 348. The number of rotatable bonds is 5. The van der Waals surface area contributed by atoms with Crippen molar-refractivity contribution in [2.24, 2.45) is 5.41 Å². The maximum Gasteiger partial charge on any atom is 0.122 e. The van der Waals surface area contributed by atoms with Crippen molar-refractivity contribution in [1.82, 2.24) is 0 Å². The van der Waals surface area contributed by atoms with Gasteiger partial charge in [0.1, 0.15) is 5.75 Å². The average molecular weight is 245 g/mol. The molecule has 0 aliphatic rings. The smallest absolute Gasteiger partial charge is 0.122 e. The van der Waals surface area contributed by atoms with Crippen molar-refractivity contribution < 1.29 is 14.9 Å². The van der Waals surface area contributed by atoms with Crippen molar-refractivity contribution >= 4 is 11.6 Å². The molecule has 0 heterocycles. The lowest BCUT2D eigenvalue weighted by molar-refractivity contribution is 0.0699. The Hall–Kier alpha value is -0.770. The molecule has 0 saturated heterocycles. The van der Waals surface area contributed by atoms with Crippen LogP contribution in [0.25, 0.3) is 0 Å². The van der Waals surface area contributed by atoms with Crippen LogP contribution in [0.4, 0.5) is 0 Å². The highest BCUT2D eigenvalue weighted by Crippen LogP contribution is 2.29. The van der Waals surface area contributed by atoms with Gasteiger partial charge in [-0.05, 0) is 30.2 Å². The highest BCUT2D eigenvalue weighted by molar-refractivity contribution is 6.30. The number of aliphatic hydroxyl groups excluding tert-OH is 2. The predicted octanol–water partition coefficient (Wildman–Crippen LogP) is 1.88. The normalized spacial score (nSPS) is 11.6. The summed E-state index contributed by atoms with van der Waals surface area (Å²) in [7, 11) is 1.59. The zero-order valence-corrected chi connectivity index (χ0v) is 10.3. The molecular weight excluding hydrogens is 228 g/mol. The van der Waals surface area contributed by atoms with Gasteiger partial charge in [0.2, 0.25) is 0 Å². The molecule has 2 N–H and O–H groups in total. The van der Waals surface area contributed by atoms with Crippen LogP contribution in [0, 0.1) is 5.41 Å². The molecule has 1 rings (SSSR count). The van der Waals surface area contributed by atoms with Gasteiger partial charge in [0, 0.05) is 10.4 Å². The summed E-state index contributed by atoms with van der Waals surface area (Å²) >= 11 is 5.91. The summed E-state index contributed by atoms with van der Waals surface area (Å²) in [6.07, 6.45) is 0.518. The summed E-state index contributed by atoms with van der Waals surface area (Å²) in [4.78, 5) is 0. The second-order valence-electron chi connectivity index (χ2n) is 4.26. The van der Waals surface area contributed by atoms with E-state index in [4.69, 9.17) is 16.3 Å². The molecule has 0 unspecified atom stereocenters. The Morgan fingerprint density at radius 2 is 1.94 bits per heavy atom. The molecule has 1 aromatic rings. The lowest BCUT2D eigenvalue weighted by atomic mass is 9.85. The van der Waals surface area contributed by atoms with Crippen molar-refractivity contribution in [3.63, 3.8) is 0 Å². The summed E-state index contributed by atoms with van der Waals surface area (Å²) < 4.78 is 5.21. The van der Waals surface area contributed by atoms with Gasteiger partial charge in [-0.15, -0.1) is 0 Å². The number of aliphatic hydroxyl groups is 2. The molecule has 0 aliphatic heterocycles. The van der Waals surface area contributed by atoms with Gasteiger partial charge < -0.3 is 14.9 Å². The maximum atomic E-state index is 9.25. The summed E-state index contributed by atoms with van der Waals surface area (Å²) in [6, 6.07) is 5.33. The van der Waals surface area contributed by atoms with Crippen LogP contribution >= 0.6 is 11.6 Å². The van der Waals surface area contributed by atoms with Gasteiger partial charge in [-0.1, -0.05) is 18.5 Å². The van der Waals surface area contributed by atoms with Gasteiger partial charge in [0.15, 0.2) is 0 Å². The number of hydrogen-bond acceptors (Lipinski definition) is 3. The molecule has 0 aromatic heterocycles. The fourth-order valence-corrected chi connectivity index (χ4v) is 1.70. The first kappa shape index (κ1) is 13.3. The van der Waals surface area contributed by atoms with E-state index in [-0.39, 0.29) is 13.2 Å². The highest BCUT2D eigenvalue weighted by atomic mass is 35.5. The predicted molar refractivity (Wildman–Crippen MR) is 64.0 cm³/mol. The SMILES string of the molecule is COc1ccc(Cl)cc1CC(C)(CO)CO. The van der Waals surface area contributed by atoms with Crippen LogP contribution in [0.3, 0.4) is 0 Å². The van der Waals surface area contributed by atoms with Crippen molar-refractivity contribution in [2.75, 3.05) is 20.3 Å². The average Bonchev–Trinajstić information content (AvgIpc) is 2.29. The van der Waals surface area contributed by atoms with Crippen LogP contribution < -0.4 is 4.74 Å². The topological polar surface area (TPSA) is 49.7 Å². The standard InChI is InChI=1S/C12H17ClO3/c1-12(7-14,8-15)6-9-5-10(13)3-4-11(9)16-2/h3-5,14-15H,6-8H2,1-2H3. The third kappa shape index (κ3) is 3.11. The first-order chi connectivity index (χ1) is 7.54. The molecule has 16 heavy (non-hydrogen) atoms. The number of benzene rings is 1. The number of hydrogen-bond donors (Lipinski definition) is 2. The van der Waals surface area contributed by atoms with E-state index in [1.54, 1.807) is 25.3 Å². The molecule has 3 nitrogen and oxygen atoms in total. The minimum atomic E-state index is -0.558. The lowest BCUT2D eigenvalue weighted by Gasteiger charge is -2.25. The van der Waals surface area contributed by atoms with Gasteiger partial charge in [0.05, 0.1) is 20.3 Å². The van der Waals surface area contributed by atoms with Crippen LogP contribution in [0.2, 0.25) is 5.02 Å². The largest absolute Gasteiger partial charge is 0.496 e. The molecule has 1 aromatic carbocycles. The van der Waals surface area contributed by atoms with E-state index in [2.05, 4.69) is 0 Å². The van der Waals surface area contributed by atoms with Gasteiger partial charge in [-0.2, -0.15) is 0 Å². The third-order valence-corrected chi connectivity index (χ3v) is 2.86. The van der Waals surface area contributed by atoms with E-state index in [1.165, 1.54) is 0 Å². The third-order valence-electron chi connectivity index (χ3n) is 2.62. The molecule has 0 saturated carbocycles. The van der Waals surface area contributed by atoms with Crippen molar-refractivity contribution in [3.05, 3.63) is 28.8 Å². The fourth-order valence-electron chi connectivity index (χ4n) is 1.51. The van der Waals surface area contributed by atoms with E-state index >= 15 is 0 Å². The molecule has 0 aliphatic carbocycles. The van der Waals surface area contributed by atoms with Crippen molar-refractivity contribution in [2.45, 2.75) is 13.3 Å². The zero-order chi connectivity index (χ0) is 12.2. The van der Waals surface area contributed by atoms with Crippen LogP contribution in [-0.2, 0) is 6.42 Å². The van der Waals surface area contributed by atoms with Gasteiger partial charge in [0.25, 0.3) is 0 Å². The molecule has 0 radical (unpaired) electrons. The molecule has 90 valence electrons. The molecule has 0 bridgehead atoms. The molecule has 0 amide bonds. The quantitative estimate of drug-likeness (QED) is 0.832. The van der Waals surface area contributed by atoms with Gasteiger partial charge in [-0.25, -0.2) is 0 Å². The number of methoxy groups -OCH3 is 1. The van der Waals surface area contributed by atoms with E-state index < -0.39 is 5.41 Å². The highest BCUT2D eigenvalue weighted by Gasteiger charge is 2.24. The van der Waals surface area contributed by atoms with E-state index in [0.29, 0.717) is 11.4 Å². The molecule has 0 atom stereocenters. The van der Waals surface area contributed by atoms with Crippen LogP contribution in [-0.4, -0.2) is 30.5 Å². The molecular formula is C12H17ClO3. The first-order valence-electron chi connectivity index (χ1n) is 5.09. The van der Waals surface area contributed by atoms with E-state index in [1.807, 2.05) is 6.92 Å². The van der Waals surface area contributed by atoms with Gasteiger partial charge in [-0.3, -0.25) is 0 Å². The Morgan fingerprint density at radius 1 is 1.31 bits per heavy atom. The fraction of sp³-hybridized carbons (Fsp3) is 0.500. The Kier molecular flexibility index (Phi) is 4.59. The Balaban J connectivity index is 2.98. The molecule has 4 heteroatoms. The minimum Gasteiger partial charge on any atom is -0.496 e. The second kappa shape index (κ2) is 5.53. The lowest BCUT2D eigenvalue weighted by Crippen LogP contribution is -2.28. The second-order valence-corrected chi connectivity index (χ2v) is 4.70. The minimum absolute atomic E-state index is 0.0842. The van der Waals surface area contributed by atoms with E-state index in [9.17, 15) is 10.2 Å². The Morgan fingerprint density at radius 3 is 2.44 bits per heavy atom. The summed E-state index contributed by atoms with van der Waals surface area (Å²) in [5.41, 5.74) is 0.332. The van der Waals surface area contributed by atoms with E-state index in [0.717, 1.165) is 11.3 Å². The van der Waals surface area contributed by atoms with Crippen molar-refractivity contribution in [1.29, 1.82) is 0 Å². The zero-order valence-electron chi connectivity index (χ0n) is 9.53. The van der Waals surface area contributed by atoms with Crippen molar-refractivity contribution in [3.8, 4) is 5.75 Å². The Labute approximate surface area is 101 Å². The summed E-state index contributed by atoms with van der Waals surface area (Å²) in [5.74, 6) is 0.720. The summed E-state index contributed by atoms with van der Waals surface area (Å²) in [6.45, 7) is 1.64. The first-order valence-corrected chi connectivity index (χ1v) is 5.46. The van der Waals surface area contributed by atoms with Crippen LogP contribution in [0.15, 0.2) is 18.2 Å². The number of ether oxygens (including phenoxy) is 1. The van der Waals surface area contributed by atoms with Crippen LogP contribution in [0.1, 0.15) is 12.5 Å². The monoisotopic (exact) mass is 244 g/mol. The maximum absolute atomic E-state index is 9.25. The van der Waals surface area contributed by atoms with Crippen LogP contribution in [0.5, 0.6) is 5.75 Å². The number of halogens is 1. The molecule has 0 fully saturated rings.